The van der Waals surface area contributed by atoms with Gasteiger partial charge in [0.1, 0.15) is 17.0 Å². The van der Waals surface area contributed by atoms with E-state index in [1.54, 1.807) is 12.3 Å². The second-order valence-electron chi connectivity index (χ2n) is 6.60. The maximum absolute atomic E-state index is 14.1. The standard InChI is InChI=1S/C20H13BrFN5O/c1-8-15-10(4-5-24-8)18-11(6-13(15)21)16(17(23)20(28)26-18)9-2-3-14(22)19-12(9)7-25-27-19/h2-7H,23H2,1H3,(H,25,27)(H,26,28). The molecule has 5 aromatic rings. The van der Waals surface area contributed by atoms with E-state index in [4.69, 9.17) is 5.73 Å². The molecule has 0 saturated heterocycles. The molecular weight excluding hydrogens is 425 g/mol. The fourth-order valence-corrected chi connectivity index (χ4v) is 4.50. The average molecular weight is 438 g/mol. The zero-order valence-electron chi connectivity index (χ0n) is 14.6. The number of aromatic amines is 2. The molecule has 0 amide bonds. The SMILES string of the molecule is Cc1nccc2c1c(Br)cc1c(-c3ccc(F)c4[nH]ncc34)c(N)c(=O)[nH]c12. The Morgan fingerprint density at radius 1 is 1.14 bits per heavy atom. The lowest BCUT2D eigenvalue weighted by atomic mass is 9.94. The lowest BCUT2D eigenvalue weighted by Crippen LogP contribution is -2.14. The van der Waals surface area contributed by atoms with Gasteiger partial charge in [0.15, 0.2) is 0 Å². The highest BCUT2D eigenvalue weighted by molar-refractivity contribution is 9.10. The van der Waals surface area contributed by atoms with Crippen LogP contribution in [-0.2, 0) is 0 Å². The summed E-state index contributed by atoms with van der Waals surface area (Å²) in [6.07, 6.45) is 3.23. The highest BCUT2D eigenvalue weighted by atomic mass is 79.9. The number of anilines is 1. The van der Waals surface area contributed by atoms with Crippen LogP contribution in [0.1, 0.15) is 5.69 Å². The van der Waals surface area contributed by atoms with Gasteiger partial charge in [0.05, 0.1) is 11.7 Å². The number of halogens is 2. The van der Waals surface area contributed by atoms with Crippen LogP contribution in [0.2, 0.25) is 0 Å². The van der Waals surface area contributed by atoms with Gasteiger partial charge in [-0.05, 0) is 30.7 Å². The Bertz CT molecular complexity index is 1490. The molecule has 0 saturated carbocycles. The second kappa shape index (κ2) is 5.87. The highest BCUT2D eigenvalue weighted by Gasteiger charge is 2.19. The van der Waals surface area contributed by atoms with Crippen LogP contribution in [0.3, 0.4) is 0 Å². The molecule has 5 rings (SSSR count). The number of nitrogen functional groups attached to an aromatic ring is 1. The summed E-state index contributed by atoms with van der Waals surface area (Å²) in [5.41, 5.74) is 8.81. The van der Waals surface area contributed by atoms with Gasteiger partial charge in [-0.15, -0.1) is 0 Å². The number of benzene rings is 2. The minimum atomic E-state index is -0.419. The normalized spacial score (nSPS) is 11.7. The van der Waals surface area contributed by atoms with Crippen molar-refractivity contribution in [1.82, 2.24) is 20.2 Å². The number of aromatic nitrogens is 4. The number of nitrogens with zero attached hydrogens (tertiary/aromatic N) is 2. The molecule has 0 unspecified atom stereocenters. The summed E-state index contributed by atoms with van der Waals surface area (Å²) in [6.45, 7) is 1.91. The zero-order valence-corrected chi connectivity index (χ0v) is 16.2. The number of hydrogen-bond donors (Lipinski definition) is 3. The molecule has 2 aromatic carbocycles. The molecule has 3 aromatic heterocycles. The molecule has 0 aliphatic heterocycles. The van der Waals surface area contributed by atoms with Gasteiger partial charge in [-0.25, -0.2) is 4.39 Å². The summed E-state index contributed by atoms with van der Waals surface area (Å²) < 4.78 is 15.0. The van der Waals surface area contributed by atoms with Crippen molar-refractivity contribution in [3.63, 3.8) is 0 Å². The summed E-state index contributed by atoms with van der Waals surface area (Å²) >= 11 is 3.62. The molecule has 4 N–H and O–H groups in total. The van der Waals surface area contributed by atoms with Crippen LogP contribution in [0.15, 0.2) is 45.9 Å². The van der Waals surface area contributed by atoms with Crippen LogP contribution in [0.5, 0.6) is 0 Å². The Morgan fingerprint density at radius 3 is 2.79 bits per heavy atom. The Labute approximate surface area is 165 Å². The third kappa shape index (κ3) is 2.21. The molecule has 138 valence electrons. The van der Waals surface area contributed by atoms with E-state index in [9.17, 15) is 9.18 Å². The average Bonchev–Trinajstić information content (AvgIpc) is 3.16. The summed E-state index contributed by atoms with van der Waals surface area (Å²) in [6, 6.07) is 6.72. The van der Waals surface area contributed by atoms with Gasteiger partial charge >= 0.3 is 0 Å². The summed E-state index contributed by atoms with van der Waals surface area (Å²) in [4.78, 5) is 19.9. The number of fused-ring (bicyclic) bond motifs is 4. The predicted octanol–water partition coefficient (Wildman–Crippen LogP) is 4.41. The van der Waals surface area contributed by atoms with Crippen molar-refractivity contribution < 1.29 is 4.39 Å². The van der Waals surface area contributed by atoms with E-state index >= 15 is 0 Å². The lowest BCUT2D eigenvalue weighted by Gasteiger charge is -2.14. The van der Waals surface area contributed by atoms with E-state index in [1.807, 2.05) is 19.1 Å². The third-order valence-corrected chi connectivity index (χ3v) is 5.67. The first-order valence-electron chi connectivity index (χ1n) is 8.48. The van der Waals surface area contributed by atoms with Crippen molar-refractivity contribution in [3.8, 4) is 11.1 Å². The zero-order chi connectivity index (χ0) is 19.6. The predicted molar refractivity (Wildman–Crippen MR) is 112 cm³/mol. The van der Waals surface area contributed by atoms with Gasteiger partial charge in [-0.2, -0.15) is 5.10 Å². The molecule has 0 atom stereocenters. The largest absolute Gasteiger partial charge is 0.394 e. The molecule has 0 radical (unpaired) electrons. The van der Waals surface area contributed by atoms with Gasteiger partial charge in [0.25, 0.3) is 5.56 Å². The number of nitrogens with two attached hydrogens (primary N) is 1. The highest BCUT2D eigenvalue weighted by Crippen LogP contribution is 2.40. The van der Waals surface area contributed by atoms with Crippen molar-refractivity contribution in [1.29, 1.82) is 0 Å². The van der Waals surface area contributed by atoms with Crippen molar-refractivity contribution in [3.05, 3.63) is 63.0 Å². The van der Waals surface area contributed by atoms with E-state index in [1.165, 1.54) is 12.3 Å². The van der Waals surface area contributed by atoms with E-state index in [-0.39, 0.29) is 11.2 Å². The Morgan fingerprint density at radius 2 is 1.96 bits per heavy atom. The Hall–Kier alpha value is -3.26. The molecule has 3 heterocycles. The summed E-state index contributed by atoms with van der Waals surface area (Å²) in [5.74, 6) is -0.419. The van der Waals surface area contributed by atoms with Crippen molar-refractivity contribution in [2.24, 2.45) is 0 Å². The van der Waals surface area contributed by atoms with E-state index < -0.39 is 11.4 Å². The topological polar surface area (TPSA) is 100 Å². The van der Waals surface area contributed by atoms with E-state index in [0.29, 0.717) is 22.0 Å². The first-order chi connectivity index (χ1) is 13.5. The summed E-state index contributed by atoms with van der Waals surface area (Å²) in [7, 11) is 0. The molecule has 0 aliphatic rings. The summed E-state index contributed by atoms with van der Waals surface area (Å²) in [5, 5.41) is 9.67. The molecule has 0 fully saturated rings. The molecular formula is C20H13BrFN5O. The Balaban J connectivity index is 2.04. The van der Waals surface area contributed by atoms with Crippen LogP contribution in [0, 0.1) is 12.7 Å². The third-order valence-electron chi connectivity index (χ3n) is 5.04. The number of aryl methyl sites for hydroxylation is 1. The van der Waals surface area contributed by atoms with Crippen LogP contribution < -0.4 is 11.3 Å². The van der Waals surface area contributed by atoms with Crippen molar-refractivity contribution in [2.45, 2.75) is 6.92 Å². The molecule has 28 heavy (non-hydrogen) atoms. The minimum absolute atomic E-state index is 0.0682. The first-order valence-corrected chi connectivity index (χ1v) is 9.28. The fraction of sp³-hybridized carbons (Fsp3) is 0.0500. The number of pyridine rings is 2. The monoisotopic (exact) mass is 437 g/mol. The quantitative estimate of drug-likeness (QED) is 0.338. The number of H-pyrrole nitrogens is 2. The van der Waals surface area contributed by atoms with Crippen LogP contribution in [-0.4, -0.2) is 20.2 Å². The van der Waals surface area contributed by atoms with Gasteiger partial charge in [0, 0.05) is 43.5 Å². The van der Waals surface area contributed by atoms with Gasteiger partial charge in [-0.1, -0.05) is 22.0 Å². The fourth-order valence-electron chi connectivity index (χ4n) is 3.77. The Kier molecular flexibility index (Phi) is 3.54. The molecule has 0 spiro atoms. The molecule has 8 heteroatoms. The van der Waals surface area contributed by atoms with Crippen LogP contribution in [0.25, 0.3) is 43.7 Å². The number of rotatable bonds is 1. The number of hydrogen-bond acceptors (Lipinski definition) is 4. The number of nitrogens with one attached hydrogen (secondary N) is 2. The lowest BCUT2D eigenvalue weighted by molar-refractivity contribution is 0.636. The molecule has 0 bridgehead atoms. The van der Waals surface area contributed by atoms with Crippen LogP contribution in [0.4, 0.5) is 10.1 Å². The van der Waals surface area contributed by atoms with E-state index in [2.05, 4.69) is 36.1 Å². The van der Waals surface area contributed by atoms with E-state index in [0.717, 1.165) is 26.3 Å². The van der Waals surface area contributed by atoms with Gasteiger partial charge < -0.3 is 10.7 Å². The van der Waals surface area contributed by atoms with Crippen LogP contribution >= 0.6 is 15.9 Å². The maximum atomic E-state index is 14.1. The van der Waals surface area contributed by atoms with Gasteiger partial charge in [0.2, 0.25) is 0 Å². The minimum Gasteiger partial charge on any atom is -0.394 e. The molecule has 6 nitrogen and oxygen atoms in total. The van der Waals surface area contributed by atoms with Gasteiger partial charge in [-0.3, -0.25) is 14.9 Å². The van der Waals surface area contributed by atoms with Crippen molar-refractivity contribution in [2.75, 3.05) is 5.73 Å². The second-order valence-corrected chi connectivity index (χ2v) is 7.45. The maximum Gasteiger partial charge on any atom is 0.272 e. The first kappa shape index (κ1) is 16.9. The van der Waals surface area contributed by atoms with Crippen molar-refractivity contribution >= 4 is 54.2 Å². The smallest absolute Gasteiger partial charge is 0.272 e. The molecule has 0 aliphatic carbocycles.